The quantitative estimate of drug-likeness (QED) is 0.699. The van der Waals surface area contributed by atoms with Crippen LogP contribution in [0.1, 0.15) is 39.5 Å². The van der Waals surface area contributed by atoms with Gasteiger partial charge in [-0.25, -0.2) is 0 Å². The summed E-state index contributed by atoms with van der Waals surface area (Å²) in [5, 5.41) is 13.1. The van der Waals surface area contributed by atoms with Crippen molar-refractivity contribution in [1.82, 2.24) is 10.2 Å². The van der Waals surface area contributed by atoms with Gasteiger partial charge in [-0.05, 0) is 0 Å². The molecule has 4 nitrogen and oxygen atoms in total. The summed E-state index contributed by atoms with van der Waals surface area (Å²) in [7, 11) is 3.64. The number of nitrogens with zero attached hydrogens (tertiary/aromatic N) is 1. The summed E-state index contributed by atoms with van der Waals surface area (Å²) in [6.45, 7) is 5.84. The van der Waals surface area contributed by atoms with Crippen molar-refractivity contribution in [3.8, 4) is 0 Å². The second-order valence-electron chi connectivity index (χ2n) is 6.00. The fraction of sp³-hybridized carbons (Fsp3) is 0.846. The van der Waals surface area contributed by atoms with E-state index in [0.29, 0.717) is 5.92 Å². The summed E-state index contributed by atoms with van der Waals surface area (Å²) in [4.78, 5) is 14.4. The molecule has 0 aromatic rings. The molecule has 2 heterocycles. The van der Waals surface area contributed by atoms with Crippen LogP contribution in [0.3, 0.4) is 0 Å². The van der Waals surface area contributed by atoms with E-state index in [1.807, 2.05) is 4.90 Å². The molecule has 0 unspecified atom stereocenters. The molecule has 2 aliphatic rings. The SMILES string of the molecule is B=C(O)[C@H](CC(C)C)N1CC[C@@]2(CCCN2)C1=O. The zero-order valence-electron chi connectivity index (χ0n) is 11.4. The first-order valence-corrected chi connectivity index (χ1v) is 6.90. The number of nitrogens with one attached hydrogen (secondary N) is 1. The molecule has 2 fully saturated rings. The van der Waals surface area contributed by atoms with Gasteiger partial charge in [0.25, 0.3) is 0 Å². The molecule has 2 aliphatic heterocycles. The molecule has 0 saturated carbocycles. The third kappa shape index (κ3) is 2.33. The van der Waals surface area contributed by atoms with Crippen LogP contribution in [-0.2, 0) is 4.79 Å². The van der Waals surface area contributed by atoms with Crippen molar-refractivity contribution in [3.05, 3.63) is 0 Å². The molecular formula is C13H23BN2O2. The number of carbonyl (C=O) groups excluding carboxylic acids is 1. The zero-order valence-corrected chi connectivity index (χ0v) is 11.4. The Kier molecular flexibility index (Phi) is 3.80. The molecule has 0 bridgehead atoms. The molecule has 5 heteroatoms. The minimum absolute atomic E-state index is 0.118. The molecule has 2 atom stereocenters. The summed E-state index contributed by atoms with van der Waals surface area (Å²) in [5.74, 6) is 0.584. The summed E-state index contributed by atoms with van der Waals surface area (Å²) >= 11 is 0. The van der Waals surface area contributed by atoms with Crippen molar-refractivity contribution < 1.29 is 9.90 Å². The summed E-state index contributed by atoms with van der Waals surface area (Å²) in [5.41, 5.74) is -0.225. The predicted octanol–water partition coefficient (Wildman–Crippen LogP) is 0.159. The van der Waals surface area contributed by atoms with Gasteiger partial charge in [0, 0.05) is 0 Å². The molecule has 100 valence electrons. The van der Waals surface area contributed by atoms with Crippen molar-refractivity contribution in [1.29, 1.82) is 0 Å². The molecule has 1 spiro atoms. The Morgan fingerprint density at radius 1 is 1.56 bits per heavy atom. The number of aliphatic hydroxyl groups excluding tert-OH is 1. The van der Waals surface area contributed by atoms with Gasteiger partial charge < -0.3 is 0 Å². The van der Waals surface area contributed by atoms with Gasteiger partial charge in [0.05, 0.1) is 0 Å². The molecule has 0 aliphatic carbocycles. The number of rotatable bonds is 4. The molecular weight excluding hydrogens is 227 g/mol. The van der Waals surface area contributed by atoms with Gasteiger partial charge in [0.15, 0.2) is 0 Å². The average Bonchev–Trinajstić information content (AvgIpc) is 2.87. The summed E-state index contributed by atoms with van der Waals surface area (Å²) in [6, 6.07) is -0.223. The molecule has 1 amide bonds. The van der Waals surface area contributed by atoms with Gasteiger partial charge in [-0.2, -0.15) is 0 Å². The molecule has 2 N–H and O–H groups in total. The Hall–Kier alpha value is -0.835. The van der Waals surface area contributed by atoms with Crippen LogP contribution in [-0.4, -0.2) is 53.7 Å². The van der Waals surface area contributed by atoms with E-state index < -0.39 is 0 Å². The van der Waals surface area contributed by atoms with Crippen molar-refractivity contribution in [2.24, 2.45) is 5.92 Å². The monoisotopic (exact) mass is 250 g/mol. The number of likely N-dealkylation sites (tertiary alicyclic amines) is 1. The van der Waals surface area contributed by atoms with Gasteiger partial charge in [-0.15, -0.1) is 0 Å². The Bertz CT molecular complexity index is 351. The van der Waals surface area contributed by atoms with Crippen molar-refractivity contribution in [3.63, 3.8) is 0 Å². The van der Waals surface area contributed by atoms with E-state index in [1.54, 1.807) is 0 Å². The minimum atomic E-state index is -0.343. The van der Waals surface area contributed by atoms with Gasteiger partial charge in [-0.3, -0.25) is 0 Å². The molecule has 18 heavy (non-hydrogen) atoms. The van der Waals surface area contributed by atoms with Gasteiger partial charge >= 0.3 is 109 Å². The van der Waals surface area contributed by atoms with Gasteiger partial charge in [-0.1, -0.05) is 0 Å². The number of aliphatic hydroxyl groups is 1. The first-order chi connectivity index (χ1) is 8.46. The standard InChI is InChI=1S/C13H23BN2O2/c1-9(2)8-10(11(14)17)16-7-5-13(12(16)18)4-3-6-15-13/h9-10,14-15,17H,3-8H2,1-2H3/t10-,13-/m0/s1. The number of hydrogen-bond donors (Lipinski definition) is 2. The van der Waals surface area contributed by atoms with E-state index in [1.165, 1.54) is 0 Å². The molecule has 2 rings (SSSR count). The summed E-state index contributed by atoms with van der Waals surface area (Å²) in [6.07, 6.45) is 3.62. The third-order valence-electron chi connectivity index (χ3n) is 4.15. The van der Waals surface area contributed by atoms with Crippen LogP contribution in [0.25, 0.3) is 0 Å². The van der Waals surface area contributed by atoms with Crippen molar-refractivity contribution in [2.75, 3.05) is 13.1 Å². The number of hydrogen-bond acceptors (Lipinski definition) is 3. The Labute approximate surface area is 110 Å². The van der Waals surface area contributed by atoms with Crippen LogP contribution in [0, 0.1) is 5.92 Å². The van der Waals surface area contributed by atoms with Crippen LogP contribution in [0.15, 0.2) is 0 Å². The fourth-order valence-corrected chi connectivity index (χ4v) is 3.18. The van der Waals surface area contributed by atoms with E-state index in [4.69, 9.17) is 0 Å². The maximum atomic E-state index is 12.6. The zero-order chi connectivity index (χ0) is 13.3. The van der Waals surface area contributed by atoms with Gasteiger partial charge in [0.1, 0.15) is 0 Å². The van der Waals surface area contributed by atoms with Crippen LogP contribution in [0.5, 0.6) is 0 Å². The van der Waals surface area contributed by atoms with E-state index in [-0.39, 0.29) is 23.1 Å². The van der Waals surface area contributed by atoms with Crippen LogP contribution >= 0.6 is 0 Å². The van der Waals surface area contributed by atoms with Crippen molar-refractivity contribution in [2.45, 2.75) is 51.1 Å². The average molecular weight is 250 g/mol. The molecule has 0 aromatic carbocycles. The first kappa shape index (κ1) is 13.6. The molecule has 0 radical (unpaired) electrons. The summed E-state index contributed by atoms with van der Waals surface area (Å²) < 4.78 is 0. The third-order valence-corrected chi connectivity index (χ3v) is 4.15. The Morgan fingerprint density at radius 3 is 2.78 bits per heavy atom. The van der Waals surface area contributed by atoms with E-state index in [0.717, 1.165) is 38.8 Å². The van der Waals surface area contributed by atoms with Crippen molar-refractivity contribution >= 4 is 19.0 Å². The number of carbonyl (C=O) groups is 1. The van der Waals surface area contributed by atoms with E-state index >= 15 is 0 Å². The van der Waals surface area contributed by atoms with E-state index in [9.17, 15) is 9.90 Å². The Balaban J connectivity index is 2.13. The Morgan fingerprint density at radius 2 is 2.28 bits per heavy atom. The topological polar surface area (TPSA) is 52.6 Å². The molecule has 0 aromatic heterocycles. The second kappa shape index (κ2) is 5.04. The van der Waals surface area contributed by atoms with Crippen LogP contribution < -0.4 is 5.32 Å². The van der Waals surface area contributed by atoms with Crippen LogP contribution in [0.2, 0.25) is 0 Å². The first-order valence-electron chi connectivity index (χ1n) is 6.90. The normalized spacial score (nSPS) is 29.4. The predicted molar refractivity (Wildman–Crippen MR) is 73.6 cm³/mol. The second-order valence-corrected chi connectivity index (χ2v) is 6.00. The fourth-order valence-electron chi connectivity index (χ4n) is 3.18. The van der Waals surface area contributed by atoms with Crippen LogP contribution in [0.4, 0.5) is 0 Å². The van der Waals surface area contributed by atoms with Gasteiger partial charge in [0.2, 0.25) is 0 Å². The number of amides is 1. The molecule has 2 saturated heterocycles. The van der Waals surface area contributed by atoms with E-state index in [2.05, 4.69) is 26.7 Å². The maximum absolute atomic E-state index is 12.6.